The highest BCUT2D eigenvalue weighted by Crippen LogP contribution is 2.21. The van der Waals surface area contributed by atoms with Gasteiger partial charge in [-0.15, -0.1) is 0 Å². The molecule has 1 aromatic carbocycles. The topological polar surface area (TPSA) is 77.1 Å². The van der Waals surface area contributed by atoms with Crippen LogP contribution in [0.1, 0.15) is 13.0 Å². The van der Waals surface area contributed by atoms with Gasteiger partial charge in [-0.1, -0.05) is 15.9 Å². The van der Waals surface area contributed by atoms with E-state index in [2.05, 4.69) is 26.3 Å². The maximum atomic E-state index is 13.9. The van der Waals surface area contributed by atoms with E-state index in [1.54, 1.807) is 18.2 Å². The van der Waals surface area contributed by atoms with Crippen LogP contribution in [0, 0.1) is 5.82 Å². The van der Waals surface area contributed by atoms with Crippen LogP contribution in [0.5, 0.6) is 0 Å². The minimum absolute atomic E-state index is 0.0234. The zero-order valence-corrected chi connectivity index (χ0v) is 14.7. The first-order valence-electron chi connectivity index (χ1n) is 7.35. The number of hydrogen-bond donors (Lipinski definition) is 1. The van der Waals surface area contributed by atoms with Crippen molar-refractivity contribution < 1.29 is 13.6 Å². The zero-order chi connectivity index (χ0) is 18.0. The van der Waals surface area contributed by atoms with Crippen LogP contribution in [-0.4, -0.2) is 15.7 Å². The Balaban J connectivity index is 1.87. The summed E-state index contributed by atoms with van der Waals surface area (Å²) in [6.45, 7) is 1.51. The number of anilines is 1. The van der Waals surface area contributed by atoms with E-state index in [4.69, 9.17) is 4.42 Å². The number of furan rings is 1. The van der Waals surface area contributed by atoms with Crippen LogP contribution in [0.2, 0.25) is 0 Å². The summed E-state index contributed by atoms with van der Waals surface area (Å²) in [5.41, 5.74) is -0.0106. The highest BCUT2D eigenvalue weighted by molar-refractivity contribution is 9.10. The SMILES string of the molecule is CC(C(=O)Nc1ccc(Br)cc1F)n1nc(-c2ccco2)ccc1=O. The molecule has 1 unspecified atom stereocenters. The number of rotatable bonds is 4. The van der Waals surface area contributed by atoms with Gasteiger partial charge in [-0.3, -0.25) is 9.59 Å². The number of carbonyl (C=O) groups excluding carboxylic acids is 1. The Morgan fingerprint density at radius 3 is 2.80 bits per heavy atom. The van der Waals surface area contributed by atoms with Gasteiger partial charge < -0.3 is 9.73 Å². The molecule has 1 amide bonds. The Kier molecular flexibility index (Phi) is 4.80. The van der Waals surface area contributed by atoms with Crippen molar-refractivity contribution in [2.75, 3.05) is 5.32 Å². The van der Waals surface area contributed by atoms with E-state index in [1.807, 2.05) is 0 Å². The van der Waals surface area contributed by atoms with Crippen LogP contribution in [-0.2, 0) is 4.79 Å². The van der Waals surface area contributed by atoms with Crippen molar-refractivity contribution in [3.05, 3.63) is 69.4 Å². The first kappa shape index (κ1) is 17.1. The van der Waals surface area contributed by atoms with E-state index in [0.717, 1.165) is 4.68 Å². The maximum absolute atomic E-state index is 13.9. The van der Waals surface area contributed by atoms with Crippen molar-refractivity contribution in [3.63, 3.8) is 0 Å². The molecule has 1 N–H and O–H groups in total. The summed E-state index contributed by atoms with van der Waals surface area (Å²) in [7, 11) is 0. The molecule has 0 aliphatic heterocycles. The van der Waals surface area contributed by atoms with Gasteiger partial charge in [-0.25, -0.2) is 9.07 Å². The molecule has 0 radical (unpaired) electrons. The predicted molar refractivity (Wildman–Crippen MR) is 93.6 cm³/mol. The molecule has 0 aliphatic rings. The number of hydrogen-bond acceptors (Lipinski definition) is 4. The summed E-state index contributed by atoms with van der Waals surface area (Å²) in [6.07, 6.45) is 1.49. The van der Waals surface area contributed by atoms with Gasteiger partial charge in [0.05, 0.1) is 12.0 Å². The molecule has 0 spiro atoms. The molecule has 8 heteroatoms. The molecule has 0 saturated carbocycles. The van der Waals surface area contributed by atoms with Gasteiger partial charge in [-0.2, -0.15) is 5.10 Å². The molecule has 0 saturated heterocycles. The smallest absolute Gasteiger partial charge is 0.267 e. The monoisotopic (exact) mass is 405 g/mol. The van der Waals surface area contributed by atoms with Crippen LogP contribution in [0.4, 0.5) is 10.1 Å². The molecule has 3 aromatic rings. The van der Waals surface area contributed by atoms with Gasteiger partial charge >= 0.3 is 0 Å². The van der Waals surface area contributed by atoms with Crippen LogP contribution in [0.15, 0.2) is 62.4 Å². The molecule has 0 fully saturated rings. The van der Waals surface area contributed by atoms with Crippen LogP contribution in [0.25, 0.3) is 11.5 Å². The van der Waals surface area contributed by atoms with Crippen LogP contribution in [0.3, 0.4) is 0 Å². The summed E-state index contributed by atoms with van der Waals surface area (Å²) in [4.78, 5) is 24.4. The highest BCUT2D eigenvalue weighted by atomic mass is 79.9. The van der Waals surface area contributed by atoms with E-state index >= 15 is 0 Å². The van der Waals surface area contributed by atoms with Crippen molar-refractivity contribution in [1.29, 1.82) is 0 Å². The third-order valence-corrected chi connectivity index (χ3v) is 4.03. The Bertz CT molecular complexity index is 970. The number of halogens is 2. The number of nitrogens with zero attached hydrogens (tertiary/aromatic N) is 2. The first-order valence-corrected chi connectivity index (χ1v) is 8.14. The van der Waals surface area contributed by atoms with Crippen molar-refractivity contribution in [1.82, 2.24) is 9.78 Å². The Morgan fingerprint density at radius 1 is 1.32 bits per heavy atom. The lowest BCUT2D eigenvalue weighted by molar-refractivity contribution is -0.119. The van der Waals surface area contributed by atoms with Gasteiger partial charge in [0.2, 0.25) is 5.91 Å². The van der Waals surface area contributed by atoms with E-state index in [0.29, 0.717) is 15.9 Å². The van der Waals surface area contributed by atoms with Crippen LogP contribution < -0.4 is 10.9 Å². The van der Waals surface area contributed by atoms with Crippen molar-refractivity contribution in [3.8, 4) is 11.5 Å². The normalized spacial score (nSPS) is 12.0. The second-order valence-electron chi connectivity index (χ2n) is 5.27. The Hall–Kier alpha value is -2.74. The molecular formula is C17H13BrFN3O3. The largest absolute Gasteiger partial charge is 0.463 e. The minimum Gasteiger partial charge on any atom is -0.463 e. The average Bonchev–Trinajstić information content (AvgIpc) is 3.11. The van der Waals surface area contributed by atoms with E-state index in [-0.39, 0.29) is 5.69 Å². The number of nitrogens with one attached hydrogen (secondary N) is 1. The summed E-state index contributed by atoms with van der Waals surface area (Å²) in [5, 5.41) is 6.62. The first-order chi connectivity index (χ1) is 12.0. The second-order valence-corrected chi connectivity index (χ2v) is 6.18. The lowest BCUT2D eigenvalue weighted by Crippen LogP contribution is -2.33. The number of benzene rings is 1. The van der Waals surface area contributed by atoms with Crippen LogP contribution >= 0.6 is 15.9 Å². The third kappa shape index (κ3) is 3.69. The van der Waals surface area contributed by atoms with Crippen molar-refractivity contribution >= 4 is 27.5 Å². The number of aromatic nitrogens is 2. The Morgan fingerprint density at radius 2 is 2.12 bits per heavy atom. The fourth-order valence-corrected chi connectivity index (χ4v) is 2.53. The molecule has 0 bridgehead atoms. The summed E-state index contributed by atoms with van der Waals surface area (Å²) >= 11 is 3.15. The second kappa shape index (κ2) is 7.02. The lowest BCUT2D eigenvalue weighted by atomic mass is 10.2. The molecular weight excluding hydrogens is 393 g/mol. The minimum atomic E-state index is -0.939. The molecule has 1 atom stereocenters. The highest BCUT2D eigenvalue weighted by Gasteiger charge is 2.20. The molecule has 2 aromatic heterocycles. The molecule has 6 nitrogen and oxygen atoms in total. The number of carbonyl (C=O) groups is 1. The van der Waals surface area contributed by atoms with E-state index < -0.39 is 23.3 Å². The zero-order valence-electron chi connectivity index (χ0n) is 13.1. The van der Waals surface area contributed by atoms with Gasteiger partial charge in [0.15, 0.2) is 5.76 Å². The van der Waals surface area contributed by atoms with Gasteiger partial charge in [0.25, 0.3) is 5.56 Å². The van der Waals surface area contributed by atoms with Gasteiger partial charge in [0, 0.05) is 10.5 Å². The predicted octanol–water partition coefficient (Wildman–Crippen LogP) is 3.60. The Labute approximate surface area is 150 Å². The van der Waals surface area contributed by atoms with Crippen molar-refractivity contribution in [2.24, 2.45) is 0 Å². The van der Waals surface area contributed by atoms with Gasteiger partial charge in [-0.05, 0) is 43.3 Å². The summed E-state index contributed by atoms with van der Waals surface area (Å²) < 4.78 is 20.7. The third-order valence-electron chi connectivity index (χ3n) is 3.53. The molecule has 128 valence electrons. The fraction of sp³-hybridized carbons (Fsp3) is 0.118. The van der Waals surface area contributed by atoms with E-state index in [9.17, 15) is 14.0 Å². The number of amides is 1. The summed E-state index contributed by atoms with van der Waals surface area (Å²) in [5.74, 6) is -0.674. The van der Waals surface area contributed by atoms with Gasteiger partial charge in [0.1, 0.15) is 17.6 Å². The molecule has 0 aliphatic carbocycles. The molecule has 3 rings (SSSR count). The standard InChI is InChI=1S/C17H13BrFN3O3/c1-10(17(24)20-13-5-4-11(18)9-12(13)19)22-16(23)7-6-14(21-22)15-3-2-8-25-15/h2-10H,1H3,(H,20,24). The maximum Gasteiger partial charge on any atom is 0.267 e. The fourth-order valence-electron chi connectivity index (χ4n) is 2.20. The quantitative estimate of drug-likeness (QED) is 0.719. The molecule has 2 heterocycles. The molecule has 25 heavy (non-hydrogen) atoms. The van der Waals surface area contributed by atoms with Crippen molar-refractivity contribution in [2.45, 2.75) is 13.0 Å². The lowest BCUT2D eigenvalue weighted by Gasteiger charge is -2.15. The van der Waals surface area contributed by atoms with E-state index in [1.165, 1.54) is 37.5 Å². The summed E-state index contributed by atoms with van der Waals surface area (Å²) in [6, 6.07) is 9.53. The average molecular weight is 406 g/mol.